The number of primary amides is 1. The molecule has 3 N–H and O–H groups in total. The molecule has 4 rings (SSSR count). The monoisotopic (exact) mass is 554 g/mol. The van der Waals surface area contributed by atoms with Crippen molar-refractivity contribution in [3.8, 4) is 11.3 Å². The van der Waals surface area contributed by atoms with Crippen LogP contribution in [-0.4, -0.2) is 31.5 Å². The Bertz CT molecular complexity index is 1450. The number of thiophene rings is 1. The van der Waals surface area contributed by atoms with Gasteiger partial charge in [-0.1, -0.05) is 0 Å². The van der Waals surface area contributed by atoms with Gasteiger partial charge in [0.1, 0.15) is 32.2 Å². The SMILES string of the molecule is Cc1c(Br)c([N+](=O)[O-])nn1CC(=O)Nc1c(C(N)=O)sc2nc(C(F)F)cc(-c3ccco3)c12. The Hall–Kier alpha value is -3.72. The number of nitrogens with one attached hydrogen (secondary N) is 1. The van der Waals surface area contributed by atoms with Crippen LogP contribution in [0.1, 0.15) is 27.5 Å². The van der Waals surface area contributed by atoms with Crippen LogP contribution in [0.15, 0.2) is 33.4 Å². The van der Waals surface area contributed by atoms with Crippen molar-refractivity contribution in [1.29, 1.82) is 0 Å². The highest BCUT2D eigenvalue weighted by Gasteiger charge is 2.28. The maximum atomic E-state index is 13.5. The minimum Gasteiger partial charge on any atom is -0.464 e. The van der Waals surface area contributed by atoms with Crippen LogP contribution in [0.25, 0.3) is 21.5 Å². The van der Waals surface area contributed by atoms with Gasteiger partial charge in [0.15, 0.2) is 0 Å². The topological polar surface area (TPSA) is 159 Å². The van der Waals surface area contributed by atoms with E-state index in [0.717, 1.165) is 22.1 Å². The van der Waals surface area contributed by atoms with E-state index in [-0.39, 0.29) is 36.6 Å². The number of carbonyl (C=O) groups excluding carboxylic acids is 2. The summed E-state index contributed by atoms with van der Waals surface area (Å²) < 4.78 is 33.5. The summed E-state index contributed by atoms with van der Waals surface area (Å²) in [4.78, 5) is 39.2. The number of pyridine rings is 1. The van der Waals surface area contributed by atoms with Crippen molar-refractivity contribution in [3.05, 3.63) is 55.3 Å². The van der Waals surface area contributed by atoms with Gasteiger partial charge in [-0.25, -0.2) is 13.8 Å². The lowest BCUT2D eigenvalue weighted by molar-refractivity contribution is -0.390. The quantitative estimate of drug-likeness (QED) is 0.252. The highest BCUT2D eigenvalue weighted by atomic mass is 79.9. The van der Waals surface area contributed by atoms with E-state index in [4.69, 9.17) is 10.2 Å². The van der Waals surface area contributed by atoms with Crippen molar-refractivity contribution in [1.82, 2.24) is 14.8 Å². The molecule has 4 aromatic heterocycles. The number of fused-ring (bicyclic) bond motifs is 1. The summed E-state index contributed by atoms with van der Waals surface area (Å²) in [6, 6.07) is 4.19. The van der Waals surface area contributed by atoms with Gasteiger partial charge >= 0.3 is 5.82 Å². The molecule has 34 heavy (non-hydrogen) atoms. The van der Waals surface area contributed by atoms with Crippen LogP contribution in [0, 0.1) is 17.0 Å². The second kappa shape index (κ2) is 8.90. The molecule has 2 amide bonds. The van der Waals surface area contributed by atoms with Crippen LogP contribution in [0.4, 0.5) is 20.3 Å². The molecule has 4 heterocycles. The molecule has 0 aliphatic rings. The Morgan fingerprint density at radius 3 is 2.74 bits per heavy atom. The maximum absolute atomic E-state index is 13.5. The highest BCUT2D eigenvalue weighted by molar-refractivity contribution is 9.10. The molecule has 0 bridgehead atoms. The average molecular weight is 555 g/mol. The number of nitrogens with two attached hydrogens (primary N) is 1. The number of anilines is 1. The van der Waals surface area contributed by atoms with Gasteiger partial charge in [0.2, 0.25) is 5.91 Å². The Kier molecular flexibility index (Phi) is 6.14. The van der Waals surface area contributed by atoms with Crippen LogP contribution in [0.5, 0.6) is 0 Å². The minimum absolute atomic E-state index is 0.0319. The first-order chi connectivity index (χ1) is 16.1. The van der Waals surface area contributed by atoms with Gasteiger partial charge in [0, 0.05) is 10.9 Å². The third-order valence-corrected chi connectivity index (χ3v) is 6.79. The van der Waals surface area contributed by atoms with E-state index >= 15 is 0 Å². The average Bonchev–Trinajstić information content (AvgIpc) is 3.48. The number of nitro groups is 1. The molecule has 0 saturated heterocycles. The molecule has 0 radical (unpaired) electrons. The molecular formula is C19H13BrF2N6O5S. The summed E-state index contributed by atoms with van der Waals surface area (Å²) in [5.74, 6) is -1.86. The number of rotatable bonds is 7. The summed E-state index contributed by atoms with van der Waals surface area (Å²) in [7, 11) is 0. The first kappa shape index (κ1) is 23.4. The van der Waals surface area contributed by atoms with E-state index in [0.29, 0.717) is 5.69 Å². The molecule has 0 saturated carbocycles. The van der Waals surface area contributed by atoms with Crippen LogP contribution in [-0.2, 0) is 11.3 Å². The fourth-order valence-electron chi connectivity index (χ4n) is 3.24. The van der Waals surface area contributed by atoms with E-state index < -0.39 is 41.2 Å². The molecule has 0 fully saturated rings. The molecule has 0 aliphatic carbocycles. The van der Waals surface area contributed by atoms with Gasteiger partial charge in [-0.15, -0.1) is 11.3 Å². The molecule has 0 aliphatic heterocycles. The predicted octanol–water partition coefficient (Wildman–Crippen LogP) is 4.41. The van der Waals surface area contributed by atoms with Gasteiger partial charge in [-0.05, 0) is 46.0 Å². The Labute approximate surface area is 200 Å². The van der Waals surface area contributed by atoms with Gasteiger partial charge in [0.05, 0.1) is 22.7 Å². The third-order valence-electron chi connectivity index (χ3n) is 4.76. The number of alkyl halides is 2. The number of carbonyl (C=O) groups is 2. The third kappa shape index (κ3) is 4.14. The number of hydrogen-bond donors (Lipinski definition) is 2. The zero-order chi connectivity index (χ0) is 24.7. The summed E-state index contributed by atoms with van der Waals surface area (Å²) in [5, 5.41) is 17.6. The van der Waals surface area contributed by atoms with Gasteiger partial charge in [-0.3, -0.25) is 9.59 Å². The van der Waals surface area contributed by atoms with Gasteiger partial charge in [-0.2, -0.15) is 4.68 Å². The molecule has 0 aromatic carbocycles. The fourth-order valence-corrected chi connectivity index (χ4v) is 4.68. The lowest BCUT2D eigenvalue weighted by Crippen LogP contribution is -2.22. The van der Waals surface area contributed by atoms with Crippen LogP contribution in [0.2, 0.25) is 0 Å². The molecular weight excluding hydrogens is 542 g/mol. The Morgan fingerprint density at radius 1 is 1.44 bits per heavy atom. The summed E-state index contributed by atoms with van der Waals surface area (Å²) in [5.41, 5.74) is 5.41. The molecule has 176 valence electrons. The largest absolute Gasteiger partial charge is 0.464 e. The lowest BCUT2D eigenvalue weighted by Gasteiger charge is -2.09. The van der Waals surface area contributed by atoms with Crippen LogP contribution < -0.4 is 11.1 Å². The molecule has 0 unspecified atom stereocenters. The molecule has 11 nitrogen and oxygen atoms in total. The second-order valence-corrected chi connectivity index (χ2v) is 8.70. The van der Waals surface area contributed by atoms with Gasteiger partial charge < -0.3 is 25.6 Å². The van der Waals surface area contributed by atoms with Crippen molar-refractivity contribution in [2.75, 3.05) is 5.32 Å². The van der Waals surface area contributed by atoms with E-state index in [9.17, 15) is 28.5 Å². The van der Waals surface area contributed by atoms with Crippen LogP contribution >= 0.6 is 27.3 Å². The molecule has 0 atom stereocenters. The molecule has 15 heteroatoms. The van der Waals surface area contributed by atoms with E-state index in [1.54, 1.807) is 6.07 Å². The van der Waals surface area contributed by atoms with Gasteiger partial charge in [0.25, 0.3) is 12.3 Å². The molecule has 0 spiro atoms. The Balaban J connectivity index is 1.81. The van der Waals surface area contributed by atoms with Crippen LogP contribution in [0.3, 0.4) is 0 Å². The summed E-state index contributed by atoms with van der Waals surface area (Å²) in [6.45, 7) is 1.09. The maximum Gasteiger partial charge on any atom is 0.404 e. The number of amides is 2. The van der Waals surface area contributed by atoms with Crippen molar-refractivity contribution >= 4 is 60.8 Å². The lowest BCUT2D eigenvalue weighted by atomic mass is 10.1. The first-order valence-corrected chi connectivity index (χ1v) is 11.0. The van der Waals surface area contributed by atoms with E-state index in [1.807, 2.05) is 0 Å². The first-order valence-electron chi connectivity index (χ1n) is 9.34. The van der Waals surface area contributed by atoms with E-state index in [2.05, 4.69) is 31.3 Å². The Morgan fingerprint density at radius 2 is 2.18 bits per heavy atom. The standard InChI is InChI=1S/C19H13BrF2N6O5S/c1-7-13(20)18(28(31)32)26-27(7)6-11(29)25-14-12-8(10-3-2-4-33-10)5-9(16(21)22)24-19(12)34-15(14)17(23)30/h2-5,16H,6H2,1H3,(H2,23,30)(H,25,29). The van der Waals surface area contributed by atoms with E-state index in [1.165, 1.54) is 19.3 Å². The minimum atomic E-state index is -2.90. The zero-order valence-corrected chi connectivity index (χ0v) is 19.4. The second-order valence-electron chi connectivity index (χ2n) is 6.91. The van der Waals surface area contributed by atoms with Crippen molar-refractivity contribution < 1.29 is 27.7 Å². The summed E-state index contributed by atoms with van der Waals surface area (Å²) in [6.07, 6.45) is -1.55. The highest BCUT2D eigenvalue weighted by Crippen LogP contribution is 2.42. The number of hydrogen-bond acceptors (Lipinski definition) is 8. The van der Waals surface area contributed by atoms with Crippen molar-refractivity contribution in [2.24, 2.45) is 5.73 Å². The number of furan rings is 1. The number of aromatic nitrogens is 3. The normalized spacial score (nSPS) is 11.3. The fraction of sp³-hybridized carbons (Fsp3) is 0.158. The van der Waals surface area contributed by atoms with Crippen molar-refractivity contribution in [3.63, 3.8) is 0 Å². The molecule has 4 aromatic rings. The summed E-state index contributed by atoms with van der Waals surface area (Å²) >= 11 is 3.81. The van der Waals surface area contributed by atoms with Crippen molar-refractivity contribution in [2.45, 2.75) is 19.9 Å². The number of halogens is 3. The smallest absolute Gasteiger partial charge is 0.404 e. The number of nitrogens with zero attached hydrogens (tertiary/aromatic N) is 4. The predicted molar refractivity (Wildman–Crippen MR) is 121 cm³/mol. The zero-order valence-electron chi connectivity index (χ0n) is 17.0.